The van der Waals surface area contributed by atoms with E-state index in [0.717, 1.165) is 24.9 Å². The minimum atomic E-state index is -0.433. The summed E-state index contributed by atoms with van der Waals surface area (Å²) in [5.74, 6) is 0.711. The Bertz CT molecular complexity index is 1210. The Morgan fingerprint density at radius 3 is 2.45 bits per heavy atom. The first-order valence-corrected chi connectivity index (χ1v) is 11.7. The highest BCUT2D eigenvalue weighted by Crippen LogP contribution is 2.28. The van der Waals surface area contributed by atoms with Crippen molar-refractivity contribution in [2.45, 2.75) is 72.3 Å². The lowest BCUT2D eigenvalue weighted by Crippen LogP contribution is -2.45. The first-order valence-electron chi connectivity index (χ1n) is 11.7. The molecule has 1 atom stereocenters. The molecule has 1 aliphatic heterocycles. The van der Waals surface area contributed by atoms with Crippen LogP contribution in [0.25, 0.3) is 11.2 Å². The van der Waals surface area contributed by atoms with E-state index >= 15 is 0 Å². The van der Waals surface area contributed by atoms with Crippen LogP contribution < -0.4 is 5.56 Å². The summed E-state index contributed by atoms with van der Waals surface area (Å²) in [6.45, 7) is 14.1. The number of hydrogen-bond donors (Lipinski definition) is 1. The Morgan fingerprint density at radius 1 is 1.12 bits per heavy atom. The van der Waals surface area contributed by atoms with Crippen LogP contribution in [0.3, 0.4) is 0 Å². The molecule has 0 bridgehead atoms. The van der Waals surface area contributed by atoms with Crippen LogP contribution in [0.2, 0.25) is 0 Å². The van der Waals surface area contributed by atoms with Crippen LogP contribution in [0, 0.1) is 5.41 Å². The van der Waals surface area contributed by atoms with E-state index in [0.29, 0.717) is 24.6 Å². The van der Waals surface area contributed by atoms with E-state index in [1.807, 2.05) is 25.7 Å². The molecular formula is C25H34N6O2. The predicted octanol–water partition coefficient (Wildman–Crippen LogP) is 3.61. The monoisotopic (exact) mass is 450 g/mol. The fourth-order valence-corrected chi connectivity index (χ4v) is 4.33. The van der Waals surface area contributed by atoms with E-state index in [1.54, 1.807) is 4.68 Å². The molecule has 1 aliphatic rings. The third kappa shape index (κ3) is 4.84. The van der Waals surface area contributed by atoms with Crippen molar-refractivity contribution in [3.8, 4) is 0 Å². The summed E-state index contributed by atoms with van der Waals surface area (Å²) in [6, 6.07) is 8.42. The molecule has 0 radical (unpaired) electrons. The van der Waals surface area contributed by atoms with Crippen molar-refractivity contribution in [3.63, 3.8) is 0 Å². The molecule has 4 rings (SSSR count). The van der Waals surface area contributed by atoms with Gasteiger partial charge in [-0.05, 0) is 29.4 Å². The number of benzene rings is 1. The maximum absolute atomic E-state index is 12.8. The zero-order chi connectivity index (χ0) is 24.0. The summed E-state index contributed by atoms with van der Waals surface area (Å²) in [5.41, 5.74) is 2.42. The summed E-state index contributed by atoms with van der Waals surface area (Å²) >= 11 is 0. The molecule has 1 saturated heterocycles. The number of likely N-dealkylation sites (tertiary alicyclic amines) is 1. The van der Waals surface area contributed by atoms with Crippen molar-refractivity contribution in [3.05, 3.63) is 51.6 Å². The van der Waals surface area contributed by atoms with Gasteiger partial charge in [-0.2, -0.15) is 0 Å². The molecule has 1 N–H and O–H groups in total. The molecule has 176 valence electrons. The van der Waals surface area contributed by atoms with Crippen LogP contribution in [0.15, 0.2) is 29.1 Å². The lowest BCUT2D eigenvalue weighted by molar-refractivity contribution is -0.140. The molecule has 0 unspecified atom stereocenters. The van der Waals surface area contributed by atoms with Crippen LogP contribution in [0.5, 0.6) is 0 Å². The standard InChI is InChI=1S/C25H34N6O2/c1-24(2,3)18-11-9-16(10-12-18)14-31-21-19(28-29-31)22(32)27-20(26-21)17-8-7-13-30(15-17)23(33)25(4,5)6/h9-12,17H,7-8,13-15H2,1-6H3,(H,26,27,32)/t17-/m1/s1. The average Bonchev–Trinajstić information content (AvgIpc) is 3.15. The third-order valence-corrected chi connectivity index (χ3v) is 6.28. The molecule has 0 saturated carbocycles. The molecule has 3 aromatic rings. The number of rotatable bonds is 3. The largest absolute Gasteiger partial charge is 0.342 e. The van der Waals surface area contributed by atoms with Crippen molar-refractivity contribution in [2.24, 2.45) is 5.41 Å². The highest BCUT2D eigenvalue weighted by molar-refractivity contribution is 5.81. The van der Waals surface area contributed by atoms with Gasteiger partial charge < -0.3 is 9.88 Å². The average molecular weight is 451 g/mol. The number of fused-ring (bicyclic) bond motifs is 1. The third-order valence-electron chi connectivity index (χ3n) is 6.28. The van der Waals surface area contributed by atoms with Crippen molar-refractivity contribution in [1.82, 2.24) is 29.9 Å². The van der Waals surface area contributed by atoms with E-state index in [1.165, 1.54) is 5.56 Å². The molecule has 8 nitrogen and oxygen atoms in total. The Labute approximate surface area is 194 Å². The number of amides is 1. The number of piperidine rings is 1. The number of nitrogens with one attached hydrogen (secondary N) is 1. The van der Waals surface area contributed by atoms with Crippen LogP contribution in [-0.2, 0) is 16.8 Å². The van der Waals surface area contributed by atoms with Gasteiger partial charge in [-0.25, -0.2) is 9.67 Å². The van der Waals surface area contributed by atoms with E-state index < -0.39 is 5.41 Å². The van der Waals surface area contributed by atoms with Gasteiger partial charge in [0.05, 0.1) is 6.54 Å². The fourth-order valence-electron chi connectivity index (χ4n) is 4.33. The molecule has 0 aliphatic carbocycles. The van der Waals surface area contributed by atoms with Crippen molar-refractivity contribution in [2.75, 3.05) is 13.1 Å². The van der Waals surface area contributed by atoms with Gasteiger partial charge in [0, 0.05) is 24.4 Å². The van der Waals surface area contributed by atoms with E-state index in [4.69, 9.17) is 4.98 Å². The van der Waals surface area contributed by atoms with Crippen molar-refractivity contribution >= 4 is 17.1 Å². The zero-order valence-electron chi connectivity index (χ0n) is 20.5. The fraction of sp³-hybridized carbons (Fsp3) is 0.560. The topological polar surface area (TPSA) is 96.8 Å². The maximum atomic E-state index is 12.8. The van der Waals surface area contributed by atoms with Crippen molar-refractivity contribution < 1.29 is 4.79 Å². The lowest BCUT2D eigenvalue weighted by Gasteiger charge is -2.36. The quantitative estimate of drug-likeness (QED) is 0.657. The number of aromatic nitrogens is 5. The van der Waals surface area contributed by atoms with Crippen LogP contribution in [0.4, 0.5) is 0 Å². The van der Waals surface area contributed by atoms with Gasteiger partial charge in [0.25, 0.3) is 5.56 Å². The van der Waals surface area contributed by atoms with E-state index in [-0.39, 0.29) is 28.3 Å². The SMILES string of the molecule is CC(C)(C)C(=O)N1CCC[C@@H](c2nc3c(nnn3Cc3ccc(C(C)(C)C)cc3)c(=O)[nH]2)C1. The molecule has 3 heterocycles. The number of hydrogen-bond acceptors (Lipinski definition) is 5. The summed E-state index contributed by atoms with van der Waals surface area (Å²) in [7, 11) is 0. The molecule has 8 heteroatoms. The van der Waals surface area contributed by atoms with Gasteiger partial charge in [0.15, 0.2) is 11.2 Å². The number of aromatic amines is 1. The second-order valence-corrected chi connectivity index (χ2v) is 11.2. The summed E-state index contributed by atoms with van der Waals surface area (Å²) < 4.78 is 1.68. The molecule has 0 spiro atoms. The Balaban J connectivity index is 1.61. The number of carbonyl (C=O) groups is 1. The highest BCUT2D eigenvalue weighted by atomic mass is 16.2. The number of H-pyrrole nitrogens is 1. The van der Waals surface area contributed by atoms with E-state index in [9.17, 15) is 9.59 Å². The van der Waals surface area contributed by atoms with Gasteiger partial charge in [0.1, 0.15) is 5.82 Å². The first-order chi connectivity index (χ1) is 15.4. The van der Waals surface area contributed by atoms with Crippen LogP contribution in [0.1, 0.15) is 77.3 Å². The zero-order valence-corrected chi connectivity index (χ0v) is 20.5. The Hall–Kier alpha value is -3.03. The Kier molecular flexibility index (Phi) is 5.88. The lowest BCUT2D eigenvalue weighted by atomic mass is 9.87. The van der Waals surface area contributed by atoms with Crippen molar-refractivity contribution in [1.29, 1.82) is 0 Å². The minimum absolute atomic E-state index is 0.0171. The first kappa shape index (κ1) is 23.1. The van der Waals surface area contributed by atoms with Gasteiger partial charge in [-0.15, -0.1) is 5.10 Å². The van der Waals surface area contributed by atoms with E-state index in [2.05, 4.69) is 60.3 Å². The molecular weight excluding hydrogens is 416 g/mol. The summed E-state index contributed by atoms with van der Waals surface area (Å²) in [5, 5.41) is 8.28. The smallest absolute Gasteiger partial charge is 0.281 e. The highest BCUT2D eigenvalue weighted by Gasteiger charge is 2.32. The summed E-state index contributed by atoms with van der Waals surface area (Å²) in [4.78, 5) is 35.1. The number of carbonyl (C=O) groups excluding carboxylic acids is 1. The molecule has 33 heavy (non-hydrogen) atoms. The van der Waals surface area contributed by atoms with Gasteiger partial charge in [0.2, 0.25) is 5.91 Å². The second-order valence-electron chi connectivity index (χ2n) is 11.2. The Morgan fingerprint density at radius 2 is 1.82 bits per heavy atom. The van der Waals surface area contributed by atoms with Gasteiger partial charge >= 0.3 is 0 Å². The molecule has 1 fully saturated rings. The molecule has 2 aromatic heterocycles. The maximum Gasteiger partial charge on any atom is 0.281 e. The van der Waals surface area contributed by atoms with Gasteiger partial charge in [-0.3, -0.25) is 9.59 Å². The predicted molar refractivity (Wildman–Crippen MR) is 128 cm³/mol. The van der Waals surface area contributed by atoms with Crippen LogP contribution in [-0.4, -0.2) is 48.9 Å². The normalized spacial score (nSPS) is 17.5. The molecule has 1 amide bonds. The minimum Gasteiger partial charge on any atom is -0.342 e. The van der Waals surface area contributed by atoms with Crippen LogP contribution >= 0.6 is 0 Å². The van der Waals surface area contributed by atoms with Gasteiger partial charge in [-0.1, -0.05) is 71.0 Å². The number of nitrogens with zero attached hydrogens (tertiary/aromatic N) is 5. The molecule has 1 aromatic carbocycles. The summed E-state index contributed by atoms with van der Waals surface area (Å²) in [6.07, 6.45) is 1.75. The second kappa shape index (κ2) is 8.39.